The lowest BCUT2D eigenvalue weighted by atomic mass is 10.1. The number of anilines is 1. The molecule has 5 nitrogen and oxygen atoms in total. The van der Waals surface area contributed by atoms with Crippen LogP contribution < -0.4 is 10.2 Å². The van der Waals surface area contributed by atoms with Crippen LogP contribution in [0.3, 0.4) is 0 Å². The highest BCUT2D eigenvalue weighted by Gasteiger charge is 2.24. The third-order valence-corrected chi connectivity index (χ3v) is 6.10. The number of aryl methyl sites for hydroxylation is 1. The van der Waals surface area contributed by atoms with E-state index in [1.807, 2.05) is 6.92 Å². The topological polar surface area (TPSA) is 58.1 Å². The van der Waals surface area contributed by atoms with Gasteiger partial charge in [-0.05, 0) is 37.5 Å². The molecule has 0 bridgehead atoms. The summed E-state index contributed by atoms with van der Waals surface area (Å²) < 4.78 is 13.2. The fourth-order valence-corrected chi connectivity index (χ4v) is 4.62. The number of nitrogens with one attached hydrogen (secondary N) is 1. The van der Waals surface area contributed by atoms with E-state index < -0.39 is 5.82 Å². The summed E-state index contributed by atoms with van der Waals surface area (Å²) in [5.41, 5.74) is 1.27. The number of hydrogen-bond acceptors (Lipinski definition) is 5. The van der Waals surface area contributed by atoms with Crippen molar-refractivity contribution in [2.24, 2.45) is 0 Å². The molecule has 1 fully saturated rings. The van der Waals surface area contributed by atoms with Gasteiger partial charge in [0.1, 0.15) is 22.8 Å². The van der Waals surface area contributed by atoms with Crippen molar-refractivity contribution in [2.75, 3.05) is 18.0 Å². The molecule has 0 aliphatic carbocycles. The van der Waals surface area contributed by atoms with Crippen LogP contribution in [0.4, 0.5) is 10.2 Å². The smallest absolute Gasteiger partial charge is 0.253 e. The molecule has 140 valence electrons. The van der Waals surface area contributed by atoms with Crippen molar-refractivity contribution in [3.8, 4) is 0 Å². The Morgan fingerprint density at radius 2 is 2.11 bits per heavy atom. The maximum Gasteiger partial charge on any atom is 0.253 e. The number of halogens is 2. The number of aromatic nitrogens is 2. The van der Waals surface area contributed by atoms with Gasteiger partial charge in [-0.1, -0.05) is 17.7 Å². The molecule has 0 saturated carbocycles. The molecule has 8 heteroatoms. The Labute approximate surface area is 165 Å². The SMILES string of the molecule is Cc1sc2ncnc(N3CCCC3)c2c1C(=O)NCc1ccc(F)cc1Cl. The number of fused-ring (bicyclic) bond motifs is 1. The molecule has 4 rings (SSSR count). The highest BCUT2D eigenvalue weighted by Crippen LogP contribution is 2.36. The molecule has 1 aromatic carbocycles. The normalized spacial score (nSPS) is 14.1. The minimum Gasteiger partial charge on any atom is -0.356 e. The zero-order chi connectivity index (χ0) is 19.0. The van der Waals surface area contributed by atoms with Gasteiger partial charge < -0.3 is 10.2 Å². The number of benzene rings is 1. The van der Waals surface area contributed by atoms with Gasteiger partial charge in [0.05, 0.1) is 10.9 Å². The summed E-state index contributed by atoms with van der Waals surface area (Å²) in [6, 6.07) is 4.15. The first kappa shape index (κ1) is 18.1. The van der Waals surface area contributed by atoms with E-state index in [1.54, 1.807) is 12.4 Å². The molecule has 1 N–H and O–H groups in total. The van der Waals surface area contributed by atoms with Gasteiger partial charge in [-0.2, -0.15) is 0 Å². The van der Waals surface area contributed by atoms with Gasteiger partial charge in [-0.3, -0.25) is 4.79 Å². The van der Waals surface area contributed by atoms with Crippen molar-refractivity contribution in [1.29, 1.82) is 0 Å². The average Bonchev–Trinajstić information content (AvgIpc) is 3.27. The number of carbonyl (C=O) groups is 1. The van der Waals surface area contributed by atoms with Crippen molar-refractivity contribution in [2.45, 2.75) is 26.3 Å². The second kappa shape index (κ2) is 7.40. The minimum atomic E-state index is -0.401. The fourth-order valence-electron chi connectivity index (χ4n) is 3.40. The standard InChI is InChI=1S/C19H18ClFN4OS/c1-11-15(18(26)22-9-12-4-5-13(21)8-14(12)20)16-17(25-6-2-3-7-25)23-10-24-19(16)27-11/h4-5,8,10H,2-3,6-7,9H2,1H3,(H,22,26). The van der Waals surface area contributed by atoms with E-state index in [9.17, 15) is 9.18 Å². The number of thiophene rings is 1. The Bertz CT molecular complexity index is 1020. The molecule has 1 aliphatic heterocycles. The second-order valence-corrected chi connectivity index (χ2v) is 8.13. The number of carbonyl (C=O) groups excluding carboxylic acids is 1. The highest BCUT2D eigenvalue weighted by molar-refractivity contribution is 7.19. The number of hydrogen-bond donors (Lipinski definition) is 1. The summed E-state index contributed by atoms with van der Waals surface area (Å²) in [5, 5.41) is 4.00. The quantitative estimate of drug-likeness (QED) is 0.703. The molecule has 0 radical (unpaired) electrons. The second-order valence-electron chi connectivity index (χ2n) is 6.52. The summed E-state index contributed by atoms with van der Waals surface area (Å²) >= 11 is 7.55. The van der Waals surface area contributed by atoms with E-state index >= 15 is 0 Å². The van der Waals surface area contributed by atoms with Crippen LogP contribution in [-0.2, 0) is 6.54 Å². The fraction of sp³-hybridized carbons (Fsp3) is 0.316. The van der Waals surface area contributed by atoms with Crippen LogP contribution >= 0.6 is 22.9 Å². The third kappa shape index (κ3) is 3.49. The summed E-state index contributed by atoms with van der Waals surface area (Å²) in [5.74, 6) is 0.225. The lowest BCUT2D eigenvalue weighted by molar-refractivity contribution is 0.0952. The van der Waals surface area contributed by atoms with E-state index in [-0.39, 0.29) is 12.5 Å². The molecular weight excluding hydrogens is 387 g/mol. The predicted octanol–water partition coefficient (Wildman–Crippen LogP) is 4.32. The average molecular weight is 405 g/mol. The van der Waals surface area contributed by atoms with E-state index in [2.05, 4.69) is 20.2 Å². The van der Waals surface area contributed by atoms with Crippen LogP contribution in [0.5, 0.6) is 0 Å². The van der Waals surface area contributed by atoms with Crippen molar-refractivity contribution >= 4 is 44.9 Å². The molecule has 1 saturated heterocycles. The van der Waals surface area contributed by atoms with Gasteiger partial charge in [0.25, 0.3) is 5.91 Å². The largest absolute Gasteiger partial charge is 0.356 e. The molecule has 3 aromatic rings. The molecule has 0 spiro atoms. The molecule has 0 unspecified atom stereocenters. The zero-order valence-electron chi connectivity index (χ0n) is 14.8. The van der Waals surface area contributed by atoms with Crippen LogP contribution in [0, 0.1) is 12.7 Å². The molecule has 3 heterocycles. The zero-order valence-corrected chi connectivity index (χ0v) is 16.3. The van der Waals surface area contributed by atoms with Gasteiger partial charge >= 0.3 is 0 Å². The van der Waals surface area contributed by atoms with Gasteiger partial charge in [-0.25, -0.2) is 14.4 Å². The van der Waals surface area contributed by atoms with Gasteiger partial charge in [-0.15, -0.1) is 11.3 Å². The lowest BCUT2D eigenvalue weighted by Crippen LogP contribution is -2.25. The maximum atomic E-state index is 13.2. The van der Waals surface area contributed by atoms with Crippen molar-refractivity contribution < 1.29 is 9.18 Å². The van der Waals surface area contributed by atoms with E-state index in [0.29, 0.717) is 16.1 Å². The number of rotatable bonds is 4. The first-order chi connectivity index (χ1) is 13.0. The lowest BCUT2D eigenvalue weighted by Gasteiger charge is -2.17. The Hall–Kier alpha value is -2.25. The van der Waals surface area contributed by atoms with Crippen molar-refractivity contribution in [1.82, 2.24) is 15.3 Å². The van der Waals surface area contributed by atoms with Crippen LogP contribution in [0.15, 0.2) is 24.5 Å². The predicted molar refractivity (Wildman–Crippen MR) is 106 cm³/mol. The Balaban J connectivity index is 1.66. The van der Waals surface area contributed by atoms with Crippen molar-refractivity contribution in [3.05, 3.63) is 51.4 Å². The van der Waals surface area contributed by atoms with Gasteiger partial charge in [0, 0.05) is 29.5 Å². The monoisotopic (exact) mass is 404 g/mol. The molecule has 27 heavy (non-hydrogen) atoms. The maximum absolute atomic E-state index is 13.2. The van der Waals surface area contributed by atoms with Crippen LogP contribution in [0.25, 0.3) is 10.2 Å². The van der Waals surface area contributed by atoms with E-state index in [1.165, 1.54) is 23.5 Å². The van der Waals surface area contributed by atoms with E-state index in [4.69, 9.17) is 11.6 Å². The third-order valence-electron chi connectivity index (χ3n) is 4.73. The Morgan fingerprint density at radius 3 is 2.85 bits per heavy atom. The molecule has 2 aromatic heterocycles. The molecule has 0 atom stereocenters. The molecule has 1 amide bonds. The van der Waals surface area contributed by atoms with Crippen molar-refractivity contribution in [3.63, 3.8) is 0 Å². The summed E-state index contributed by atoms with van der Waals surface area (Å²) in [6.07, 6.45) is 3.81. The van der Waals surface area contributed by atoms with Gasteiger partial charge in [0.2, 0.25) is 0 Å². The Kier molecular flexibility index (Phi) is 4.97. The van der Waals surface area contributed by atoms with Gasteiger partial charge in [0.15, 0.2) is 0 Å². The first-order valence-corrected chi connectivity index (χ1v) is 9.95. The van der Waals surface area contributed by atoms with Crippen LogP contribution in [-0.4, -0.2) is 29.0 Å². The van der Waals surface area contributed by atoms with Crippen LogP contribution in [0.1, 0.15) is 33.6 Å². The van der Waals surface area contributed by atoms with E-state index in [0.717, 1.165) is 46.8 Å². The minimum absolute atomic E-state index is 0.200. The highest BCUT2D eigenvalue weighted by atomic mass is 35.5. The number of nitrogens with zero attached hydrogens (tertiary/aromatic N) is 3. The van der Waals surface area contributed by atoms with Crippen LogP contribution in [0.2, 0.25) is 5.02 Å². The first-order valence-electron chi connectivity index (χ1n) is 8.76. The summed E-state index contributed by atoms with van der Waals surface area (Å²) in [4.78, 5) is 25.7. The molecule has 1 aliphatic rings. The Morgan fingerprint density at radius 1 is 1.33 bits per heavy atom. The summed E-state index contributed by atoms with van der Waals surface area (Å²) in [6.45, 7) is 4.02. The molecular formula is C19H18ClFN4OS. The summed E-state index contributed by atoms with van der Waals surface area (Å²) in [7, 11) is 0. The number of amides is 1.